The van der Waals surface area contributed by atoms with Crippen LogP contribution in [0, 0.1) is 0 Å². The molecule has 30 heavy (non-hydrogen) atoms. The first-order chi connectivity index (χ1) is 14.5. The number of esters is 1. The van der Waals surface area contributed by atoms with Crippen molar-refractivity contribution in [2.75, 3.05) is 13.7 Å². The van der Waals surface area contributed by atoms with Crippen LogP contribution in [0.1, 0.15) is 16.7 Å². The third kappa shape index (κ3) is 2.43. The molecule has 1 saturated heterocycles. The Kier molecular flexibility index (Phi) is 4.28. The first kappa shape index (κ1) is 19.0. The molecule has 0 saturated carbocycles. The maximum absolute atomic E-state index is 13.3. The van der Waals surface area contributed by atoms with Gasteiger partial charge in [0.1, 0.15) is 5.54 Å². The molecule has 6 nitrogen and oxygen atoms in total. The summed E-state index contributed by atoms with van der Waals surface area (Å²) < 4.78 is 37.9. The van der Waals surface area contributed by atoms with Crippen molar-refractivity contribution in [2.45, 2.75) is 11.6 Å². The number of benzene rings is 3. The fourth-order valence-electron chi connectivity index (χ4n) is 4.70. The molecule has 152 valence electrons. The van der Waals surface area contributed by atoms with Gasteiger partial charge < -0.3 is 4.74 Å². The van der Waals surface area contributed by atoms with Gasteiger partial charge in [-0.05, 0) is 27.8 Å². The molecule has 0 spiro atoms. The van der Waals surface area contributed by atoms with Gasteiger partial charge in [0.05, 0.1) is 13.7 Å². The summed E-state index contributed by atoms with van der Waals surface area (Å²) in [6.45, 7) is -0.298. The van der Waals surface area contributed by atoms with Crippen molar-refractivity contribution in [3.05, 3.63) is 95.6 Å². The molecular formula is C23H19NO5S. The summed E-state index contributed by atoms with van der Waals surface area (Å²) in [6, 6.07) is 23.6. The largest absolute Gasteiger partial charge is 0.468 e. The molecule has 0 N–H and O–H groups in total. The van der Waals surface area contributed by atoms with Crippen molar-refractivity contribution in [1.82, 2.24) is 4.31 Å². The lowest BCUT2D eigenvalue weighted by Crippen LogP contribution is -2.54. The Hall–Kier alpha value is -3.00. The van der Waals surface area contributed by atoms with E-state index in [1.54, 1.807) is 0 Å². The first-order valence-corrected chi connectivity index (χ1v) is 10.9. The Balaban J connectivity index is 1.94. The number of nitrogens with zero attached hydrogens (tertiary/aromatic N) is 1. The van der Waals surface area contributed by atoms with E-state index in [0.29, 0.717) is 0 Å². The lowest BCUT2D eigenvalue weighted by Gasteiger charge is -2.40. The quantitative estimate of drug-likeness (QED) is 0.608. The molecule has 0 aromatic heterocycles. The molecule has 1 heterocycles. The number of fused-ring (bicyclic) bond motifs is 3. The van der Waals surface area contributed by atoms with Crippen molar-refractivity contribution in [1.29, 1.82) is 0 Å². The predicted octanol–water partition coefficient (Wildman–Crippen LogP) is 3.08. The van der Waals surface area contributed by atoms with E-state index in [0.717, 1.165) is 27.8 Å². The summed E-state index contributed by atoms with van der Waals surface area (Å²) in [5.74, 6) is -0.659. The standard InChI is InChI=1S/C23H19NO5S/c1-28-22(25)21-15-29-30(26,27)24(21)23(16-9-3-2-4-10-16)19-13-7-5-11-17(19)18-12-6-8-14-20(18)23/h2-14,21H,15H2,1H3/t21-/m0/s1. The molecule has 0 bridgehead atoms. The Morgan fingerprint density at radius 1 is 0.933 bits per heavy atom. The van der Waals surface area contributed by atoms with Gasteiger partial charge >= 0.3 is 16.3 Å². The highest BCUT2D eigenvalue weighted by molar-refractivity contribution is 7.84. The molecule has 1 aliphatic heterocycles. The summed E-state index contributed by atoms with van der Waals surface area (Å²) in [5, 5.41) is 0. The smallest absolute Gasteiger partial charge is 0.340 e. The fourth-order valence-corrected chi connectivity index (χ4v) is 6.21. The summed E-state index contributed by atoms with van der Waals surface area (Å²) in [5.41, 5.74) is 2.86. The molecular weight excluding hydrogens is 402 g/mol. The van der Waals surface area contributed by atoms with E-state index in [1.165, 1.54) is 11.4 Å². The van der Waals surface area contributed by atoms with E-state index in [4.69, 9.17) is 8.92 Å². The van der Waals surface area contributed by atoms with Gasteiger partial charge in [-0.3, -0.25) is 8.98 Å². The van der Waals surface area contributed by atoms with Gasteiger partial charge in [0.15, 0.2) is 6.04 Å². The Bertz CT molecular complexity index is 1190. The minimum atomic E-state index is -4.23. The highest BCUT2D eigenvalue weighted by Gasteiger charge is 2.60. The lowest BCUT2D eigenvalue weighted by atomic mass is 9.80. The Labute approximate surface area is 174 Å². The zero-order valence-corrected chi connectivity index (χ0v) is 17.0. The second-order valence-corrected chi connectivity index (χ2v) is 8.73. The van der Waals surface area contributed by atoms with Crippen LogP contribution in [-0.2, 0) is 29.6 Å². The molecule has 0 radical (unpaired) electrons. The highest BCUT2D eigenvalue weighted by Crippen LogP contribution is 2.56. The van der Waals surface area contributed by atoms with Gasteiger partial charge in [-0.1, -0.05) is 78.9 Å². The number of hydrogen-bond acceptors (Lipinski definition) is 5. The topological polar surface area (TPSA) is 72.9 Å². The fraction of sp³-hybridized carbons (Fsp3) is 0.174. The van der Waals surface area contributed by atoms with Crippen LogP contribution in [0.2, 0.25) is 0 Å². The van der Waals surface area contributed by atoms with Crippen LogP contribution in [-0.4, -0.2) is 38.5 Å². The lowest BCUT2D eigenvalue weighted by molar-refractivity contribution is -0.145. The van der Waals surface area contributed by atoms with E-state index < -0.39 is 27.9 Å². The van der Waals surface area contributed by atoms with E-state index in [2.05, 4.69) is 0 Å². The minimum Gasteiger partial charge on any atom is -0.468 e. The summed E-state index contributed by atoms with van der Waals surface area (Å²) >= 11 is 0. The Morgan fingerprint density at radius 3 is 2.03 bits per heavy atom. The number of rotatable bonds is 3. The molecule has 1 fully saturated rings. The number of carbonyl (C=O) groups is 1. The van der Waals surface area contributed by atoms with Crippen molar-refractivity contribution in [3.8, 4) is 11.1 Å². The molecule has 0 amide bonds. The van der Waals surface area contributed by atoms with Crippen LogP contribution in [0.4, 0.5) is 0 Å². The predicted molar refractivity (Wildman–Crippen MR) is 111 cm³/mol. The zero-order valence-electron chi connectivity index (χ0n) is 16.2. The number of carbonyl (C=O) groups excluding carboxylic acids is 1. The Morgan fingerprint density at radius 2 is 1.47 bits per heavy atom. The van der Waals surface area contributed by atoms with Gasteiger partial charge in [-0.25, -0.2) is 0 Å². The molecule has 1 atom stereocenters. The minimum absolute atomic E-state index is 0.298. The van der Waals surface area contributed by atoms with Crippen molar-refractivity contribution < 1.29 is 22.1 Å². The van der Waals surface area contributed by atoms with Crippen molar-refractivity contribution in [2.24, 2.45) is 0 Å². The third-order valence-electron chi connectivity index (χ3n) is 5.82. The average molecular weight is 421 g/mol. The molecule has 1 aliphatic carbocycles. The first-order valence-electron chi connectivity index (χ1n) is 9.53. The van der Waals surface area contributed by atoms with Gasteiger partial charge in [0.25, 0.3) is 0 Å². The summed E-state index contributed by atoms with van der Waals surface area (Å²) in [4.78, 5) is 12.7. The molecule has 0 unspecified atom stereocenters. The van der Waals surface area contributed by atoms with E-state index in [9.17, 15) is 13.2 Å². The second kappa shape index (κ2) is 6.77. The normalized spacial score (nSPS) is 21.0. The average Bonchev–Trinajstić information content (AvgIpc) is 3.26. The summed E-state index contributed by atoms with van der Waals surface area (Å²) in [7, 11) is -2.99. The van der Waals surface area contributed by atoms with Gasteiger partial charge in [0.2, 0.25) is 0 Å². The van der Waals surface area contributed by atoms with Crippen molar-refractivity contribution >= 4 is 16.3 Å². The number of hydrogen-bond donors (Lipinski definition) is 0. The van der Waals surface area contributed by atoms with E-state index in [-0.39, 0.29) is 6.61 Å². The number of methoxy groups -OCH3 is 1. The van der Waals surface area contributed by atoms with E-state index in [1.807, 2.05) is 78.9 Å². The maximum atomic E-state index is 13.3. The van der Waals surface area contributed by atoms with Crippen LogP contribution >= 0.6 is 0 Å². The molecule has 5 rings (SSSR count). The van der Waals surface area contributed by atoms with Gasteiger partial charge in [-0.2, -0.15) is 8.42 Å². The molecule has 3 aromatic carbocycles. The SMILES string of the molecule is COC(=O)[C@@H]1COS(=O)(=O)N1C1(c2ccccc2)c2ccccc2-c2ccccc21. The number of ether oxygens (including phenoxy) is 1. The van der Waals surface area contributed by atoms with E-state index >= 15 is 0 Å². The van der Waals surface area contributed by atoms with Crippen LogP contribution in [0.15, 0.2) is 78.9 Å². The summed E-state index contributed by atoms with van der Waals surface area (Å²) in [6.07, 6.45) is 0. The monoisotopic (exact) mass is 421 g/mol. The third-order valence-corrected chi connectivity index (χ3v) is 7.26. The second-order valence-electron chi connectivity index (χ2n) is 7.24. The van der Waals surface area contributed by atoms with Gasteiger partial charge in [0, 0.05) is 0 Å². The van der Waals surface area contributed by atoms with Gasteiger partial charge in [-0.15, -0.1) is 4.31 Å². The molecule has 7 heteroatoms. The molecule has 3 aromatic rings. The maximum Gasteiger partial charge on any atom is 0.340 e. The van der Waals surface area contributed by atoms with Crippen molar-refractivity contribution in [3.63, 3.8) is 0 Å². The molecule has 2 aliphatic rings. The van der Waals surface area contributed by atoms with Crippen LogP contribution in [0.5, 0.6) is 0 Å². The van der Waals surface area contributed by atoms with Crippen LogP contribution in [0.25, 0.3) is 11.1 Å². The van der Waals surface area contributed by atoms with Crippen LogP contribution < -0.4 is 0 Å². The highest BCUT2D eigenvalue weighted by atomic mass is 32.2. The van der Waals surface area contributed by atoms with Crippen LogP contribution in [0.3, 0.4) is 0 Å². The zero-order chi connectivity index (χ0) is 20.9.